The number of ether oxygens (including phenoxy) is 1. The SMILES string of the molecule is CCOCCCNC(=O)C1NCCc2ccccc21. The second-order valence-electron chi connectivity index (χ2n) is 4.68. The lowest BCUT2D eigenvalue weighted by atomic mass is 9.94. The van der Waals surface area contributed by atoms with Crippen LogP contribution in [-0.2, 0) is 16.0 Å². The predicted octanol–water partition coefficient (Wildman–Crippen LogP) is 1.42. The number of carbonyl (C=O) groups is 1. The van der Waals surface area contributed by atoms with E-state index in [-0.39, 0.29) is 11.9 Å². The lowest BCUT2D eigenvalue weighted by molar-refractivity contribution is -0.123. The van der Waals surface area contributed by atoms with Gasteiger partial charge in [0.25, 0.3) is 0 Å². The second kappa shape index (κ2) is 7.26. The minimum atomic E-state index is -0.211. The summed E-state index contributed by atoms with van der Waals surface area (Å²) in [4.78, 5) is 12.2. The van der Waals surface area contributed by atoms with Crippen molar-refractivity contribution in [2.24, 2.45) is 0 Å². The van der Waals surface area contributed by atoms with Crippen LogP contribution in [0.25, 0.3) is 0 Å². The van der Waals surface area contributed by atoms with Crippen molar-refractivity contribution in [2.75, 3.05) is 26.3 Å². The van der Waals surface area contributed by atoms with Gasteiger partial charge in [-0.05, 0) is 30.9 Å². The van der Waals surface area contributed by atoms with Gasteiger partial charge in [0.2, 0.25) is 5.91 Å². The average Bonchev–Trinajstić information content (AvgIpc) is 2.46. The fourth-order valence-corrected chi connectivity index (χ4v) is 2.37. The monoisotopic (exact) mass is 262 g/mol. The Kier molecular flexibility index (Phi) is 5.36. The molecule has 0 aliphatic carbocycles. The number of rotatable bonds is 6. The lowest BCUT2D eigenvalue weighted by Crippen LogP contribution is -2.41. The van der Waals surface area contributed by atoms with Gasteiger partial charge in [-0.1, -0.05) is 24.3 Å². The third-order valence-corrected chi connectivity index (χ3v) is 3.34. The van der Waals surface area contributed by atoms with E-state index in [4.69, 9.17) is 4.74 Å². The first-order chi connectivity index (χ1) is 9.33. The molecule has 0 bridgehead atoms. The maximum Gasteiger partial charge on any atom is 0.241 e. The Morgan fingerprint density at radius 1 is 1.47 bits per heavy atom. The molecule has 0 fully saturated rings. The van der Waals surface area contributed by atoms with Gasteiger partial charge in [-0.15, -0.1) is 0 Å². The zero-order valence-corrected chi connectivity index (χ0v) is 11.4. The normalized spacial score (nSPS) is 17.8. The van der Waals surface area contributed by atoms with E-state index < -0.39 is 0 Å². The molecule has 1 atom stereocenters. The highest BCUT2D eigenvalue weighted by atomic mass is 16.5. The quantitative estimate of drug-likeness (QED) is 0.762. The van der Waals surface area contributed by atoms with Crippen molar-refractivity contribution in [3.8, 4) is 0 Å². The smallest absolute Gasteiger partial charge is 0.241 e. The van der Waals surface area contributed by atoms with Gasteiger partial charge >= 0.3 is 0 Å². The number of benzene rings is 1. The molecule has 1 aliphatic rings. The zero-order chi connectivity index (χ0) is 13.5. The van der Waals surface area contributed by atoms with Crippen LogP contribution in [-0.4, -0.2) is 32.2 Å². The fraction of sp³-hybridized carbons (Fsp3) is 0.533. The summed E-state index contributed by atoms with van der Waals surface area (Å²) in [5.74, 6) is 0.0589. The third kappa shape index (κ3) is 3.78. The third-order valence-electron chi connectivity index (χ3n) is 3.34. The highest BCUT2D eigenvalue weighted by molar-refractivity contribution is 5.83. The largest absolute Gasteiger partial charge is 0.382 e. The van der Waals surface area contributed by atoms with Gasteiger partial charge in [-0.3, -0.25) is 4.79 Å². The molecule has 2 rings (SSSR count). The van der Waals surface area contributed by atoms with E-state index in [0.29, 0.717) is 13.2 Å². The molecule has 1 aromatic rings. The number of carbonyl (C=O) groups excluding carboxylic acids is 1. The number of hydrogen-bond acceptors (Lipinski definition) is 3. The Hall–Kier alpha value is -1.39. The lowest BCUT2D eigenvalue weighted by Gasteiger charge is -2.26. The van der Waals surface area contributed by atoms with Gasteiger partial charge in [0.15, 0.2) is 0 Å². The molecular weight excluding hydrogens is 240 g/mol. The first-order valence-electron chi connectivity index (χ1n) is 6.99. The van der Waals surface area contributed by atoms with Crippen LogP contribution in [0.4, 0.5) is 0 Å². The minimum Gasteiger partial charge on any atom is -0.382 e. The van der Waals surface area contributed by atoms with Crippen LogP contribution in [0.2, 0.25) is 0 Å². The Labute approximate surface area is 114 Å². The van der Waals surface area contributed by atoms with Crippen molar-refractivity contribution in [2.45, 2.75) is 25.8 Å². The predicted molar refractivity (Wildman–Crippen MR) is 75.0 cm³/mol. The molecule has 1 unspecified atom stereocenters. The molecule has 0 saturated heterocycles. The fourth-order valence-electron chi connectivity index (χ4n) is 2.37. The topological polar surface area (TPSA) is 50.4 Å². The molecule has 1 amide bonds. The van der Waals surface area contributed by atoms with Crippen LogP contribution in [0.15, 0.2) is 24.3 Å². The van der Waals surface area contributed by atoms with Crippen molar-refractivity contribution in [3.05, 3.63) is 35.4 Å². The highest BCUT2D eigenvalue weighted by Gasteiger charge is 2.25. The van der Waals surface area contributed by atoms with Crippen molar-refractivity contribution in [1.29, 1.82) is 0 Å². The van der Waals surface area contributed by atoms with E-state index >= 15 is 0 Å². The van der Waals surface area contributed by atoms with Gasteiger partial charge in [-0.2, -0.15) is 0 Å². The Balaban J connectivity index is 1.86. The Bertz CT molecular complexity index is 420. The van der Waals surface area contributed by atoms with Crippen LogP contribution < -0.4 is 10.6 Å². The summed E-state index contributed by atoms with van der Waals surface area (Å²) in [6, 6.07) is 7.94. The molecule has 1 aliphatic heterocycles. The summed E-state index contributed by atoms with van der Waals surface area (Å²) in [6.45, 7) is 4.92. The van der Waals surface area contributed by atoms with Crippen molar-refractivity contribution in [1.82, 2.24) is 10.6 Å². The average molecular weight is 262 g/mol. The number of amides is 1. The maximum absolute atomic E-state index is 12.2. The first kappa shape index (κ1) is 14.0. The van der Waals surface area contributed by atoms with Crippen LogP contribution in [0.3, 0.4) is 0 Å². The second-order valence-corrected chi connectivity index (χ2v) is 4.68. The molecule has 104 valence electrons. The van der Waals surface area contributed by atoms with Crippen molar-refractivity contribution in [3.63, 3.8) is 0 Å². The molecular formula is C15H22N2O2. The summed E-state index contributed by atoms with van der Waals surface area (Å²) < 4.78 is 5.25. The summed E-state index contributed by atoms with van der Waals surface area (Å²) >= 11 is 0. The van der Waals surface area contributed by atoms with Gasteiger partial charge < -0.3 is 15.4 Å². The molecule has 4 nitrogen and oxygen atoms in total. The molecule has 1 aromatic carbocycles. The van der Waals surface area contributed by atoms with Crippen LogP contribution in [0.5, 0.6) is 0 Å². The van der Waals surface area contributed by atoms with Crippen LogP contribution >= 0.6 is 0 Å². The molecule has 0 saturated carbocycles. The summed E-state index contributed by atoms with van der Waals surface area (Å²) in [7, 11) is 0. The molecule has 4 heteroatoms. The first-order valence-corrected chi connectivity index (χ1v) is 6.99. The number of nitrogens with one attached hydrogen (secondary N) is 2. The molecule has 0 spiro atoms. The summed E-state index contributed by atoms with van der Waals surface area (Å²) in [5.41, 5.74) is 2.38. The van der Waals surface area contributed by atoms with E-state index in [9.17, 15) is 4.79 Å². The molecule has 19 heavy (non-hydrogen) atoms. The van der Waals surface area contributed by atoms with Gasteiger partial charge in [0, 0.05) is 26.3 Å². The molecule has 2 N–H and O–H groups in total. The van der Waals surface area contributed by atoms with E-state index in [1.54, 1.807) is 0 Å². The van der Waals surface area contributed by atoms with E-state index in [2.05, 4.69) is 16.7 Å². The molecule has 0 radical (unpaired) electrons. The van der Waals surface area contributed by atoms with E-state index in [1.807, 2.05) is 25.1 Å². The zero-order valence-electron chi connectivity index (χ0n) is 11.4. The Morgan fingerprint density at radius 3 is 3.16 bits per heavy atom. The van der Waals surface area contributed by atoms with Crippen LogP contribution in [0, 0.1) is 0 Å². The van der Waals surface area contributed by atoms with E-state index in [1.165, 1.54) is 5.56 Å². The number of fused-ring (bicyclic) bond motifs is 1. The Morgan fingerprint density at radius 2 is 2.32 bits per heavy atom. The van der Waals surface area contributed by atoms with Crippen molar-refractivity contribution >= 4 is 5.91 Å². The van der Waals surface area contributed by atoms with Gasteiger partial charge in [0.05, 0.1) is 0 Å². The van der Waals surface area contributed by atoms with Crippen LogP contribution in [0.1, 0.15) is 30.5 Å². The van der Waals surface area contributed by atoms with E-state index in [0.717, 1.165) is 31.6 Å². The van der Waals surface area contributed by atoms with Gasteiger partial charge in [0.1, 0.15) is 6.04 Å². The standard InChI is InChI=1S/C15H22N2O2/c1-2-19-11-5-9-17-15(18)14-13-7-4-3-6-12(13)8-10-16-14/h3-4,6-7,14,16H,2,5,8-11H2,1H3,(H,17,18). The molecule has 0 aromatic heterocycles. The summed E-state index contributed by atoms with van der Waals surface area (Å²) in [5, 5.41) is 6.25. The highest BCUT2D eigenvalue weighted by Crippen LogP contribution is 2.22. The number of hydrogen-bond donors (Lipinski definition) is 2. The maximum atomic E-state index is 12.2. The van der Waals surface area contributed by atoms with Gasteiger partial charge in [-0.25, -0.2) is 0 Å². The minimum absolute atomic E-state index is 0.0589. The van der Waals surface area contributed by atoms with Crippen molar-refractivity contribution < 1.29 is 9.53 Å². The summed E-state index contributed by atoms with van der Waals surface area (Å²) in [6.07, 6.45) is 1.85. The molecule has 1 heterocycles.